The molecule has 2 N–H and O–H groups in total. The third-order valence-electron chi connectivity index (χ3n) is 2.24. The molecule has 0 amide bonds. The lowest BCUT2D eigenvalue weighted by molar-refractivity contribution is 1.06. The maximum Gasteiger partial charge on any atom is 0.264 e. The SMILES string of the molecule is C=CCc1ccc(-c2cc(=O)[nH][nH]2)cc1. The molecule has 3 nitrogen and oxygen atoms in total. The van der Waals surface area contributed by atoms with Gasteiger partial charge in [-0.3, -0.25) is 15.0 Å². The fourth-order valence-electron chi connectivity index (χ4n) is 1.47. The minimum Gasteiger partial charge on any atom is -0.298 e. The van der Waals surface area contributed by atoms with E-state index in [4.69, 9.17) is 0 Å². The predicted molar refractivity (Wildman–Crippen MR) is 60.8 cm³/mol. The van der Waals surface area contributed by atoms with Gasteiger partial charge in [-0.1, -0.05) is 30.3 Å². The Kier molecular flexibility index (Phi) is 2.54. The summed E-state index contributed by atoms with van der Waals surface area (Å²) in [6, 6.07) is 9.57. The largest absolute Gasteiger partial charge is 0.298 e. The normalized spacial score (nSPS) is 10.1. The van der Waals surface area contributed by atoms with Crippen LogP contribution in [0, 0.1) is 0 Å². The summed E-state index contributed by atoms with van der Waals surface area (Å²) in [6.45, 7) is 3.69. The van der Waals surface area contributed by atoms with Gasteiger partial charge in [-0.25, -0.2) is 0 Å². The van der Waals surface area contributed by atoms with E-state index in [0.717, 1.165) is 17.7 Å². The van der Waals surface area contributed by atoms with Gasteiger partial charge in [-0.2, -0.15) is 0 Å². The second-order valence-electron chi connectivity index (χ2n) is 3.36. The van der Waals surface area contributed by atoms with Crippen LogP contribution in [0.2, 0.25) is 0 Å². The summed E-state index contributed by atoms with van der Waals surface area (Å²) in [6.07, 6.45) is 2.73. The van der Waals surface area contributed by atoms with Crippen LogP contribution in [0.3, 0.4) is 0 Å². The molecule has 1 heterocycles. The Labute approximate surface area is 87.5 Å². The van der Waals surface area contributed by atoms with Crippen LogP contribution in [0.25, 0.3) is 11.3 Å². The monoisotopic (exact) mass is 200 g/mol. The number of allylic oxidation sites excluding steroid dienone is 1. The number of aromatic amines is 2. The van der Waals surface area contributed by atoms with Gasteiger partial charge in [0.1, 0.15) is 0 Å². The van der Waals surface area contributed by atoms with E-state index in [-0.39, 0.29) is 5.56 Å². The zero-order valence-corrected chi connectivity index (χ0v) is 8.29. The molecule has 0 radical (unpaired) electrons. The molecule has 76 valence electrons. The van der Waals surface area contributed by atoms with E-state index in [2.05, 4.69) is 16.8 Å². The number of hydrogen-bond acceptors (Lipinski definition) is 1. The zero-order valence-electron chi connectivity index (χ0n) is 8.29. The van der Waals surface area contributed by atoms with Gasteiger partial charge in [-0.15, -0.1) is 6.58 Å². The van der Waals surface area contributed by atoms with Gasteiger partial charge in [0, 0.05) is 6.07 Å². The number of rotatable bonds is 3. The second-order valence-corrected chi connectivity index (χ2v) is 3.36. The van der Waals surface area contributed by atoms with Crippen LogP contribution in [0.15, 0.2) is 47.8 Å². The van der Waals surface area contributed by atoms with E-state index < -0.39 is 0 Å². The summed E-state index contributed by atoms with van der Waals surface area (Å²) < 4.78 is 0. The third-order valence-corrected chi connectivity index (χ3v) is 2.24. The van der Waals surface area contributed by atoms with Gasteiger partial charge in [0.25, 0.3) is 5.56 Å². The number of benzene rings is 1. The average molecular weight is 200 g/mol. The summed E-state index contributed by atoms with van der Waals surface area (Å²) in [4.78, 5) is 10.9. The van der Waals surface area contributed by atoms with Crippen molar-refractivity contribution in [2.24, 2.45) is 0 Å². The van der Waals surface area contributed by atoms with Gasteiger partial charge in [0.15, 0.2) is 0 Å². The molecule has 1 aromatic carbocycles. The summed E-state index contributed by atoms with van der Waals surface area (Å²) in [7, 11) is 0. The van der Waals surface area contributed by atoms with Gasteiger partial charge in [0.05, 0.1) is 5.69 Å². The van der Waals surface area contributed by atoms with Crippen LogP contribution in [-0.2, 0) is 6.42 Å². The standard InChI is InChI=1S/C12H12N2O/c1-2-3-9-4-6-10(7-5-9)11-8-12(15)14-13-11/h2,4-8H,1,3H2,(H2,13,14,15). The van der Waals surface area contributed by atoms with Crippen LogP contribution in [-0.4, -0.2) is 10.2 Å². The summed E-state index contributed by atoms with van der Waals surface area (Å²) >= 11 is 0. The Morgan fingerprint density at radius 1 is 1.20 bits per heavy atom. The Balaban J connectivity index is 2.31. The lowest BCUT2D eigenvalue weighted by Gasteiger charge is -1.99. The molecular formula is C12H12N2O. The molecule has 0 aliphatic heterocycles. The number of H-pyrrole nitrogens is 2. The van der Waals surface area contributed by atoms with Crippen LogP contribution in [0.4, 0.5) is 0 Å². The number of aromatic nitrogens is 2. The molecule has 0 fully saturated rings. The van der Waals surface area contributed by atoms with Crippen LogP contribution < -0.4 is 5.56 Å². The van der Waals surface area contributed by atoms with Gasteiger partial charge < -0.3 is 0 Å². The van der Waals surface area contributed by atoms with Crippen molar-refractivity contribution in [3.05, 3.63) is 58.9 Å². The first-order valence-corrected chi connectivity index (χ1v) is 4.77. The molecule has 3 heteroatoms. The molecule has 0 saturated carbocycles. The Hall–Kier alpha value is -2.03. The average Bonchev–Trinajstić information content (AvgIpc) is 2.67. The van der Waals surface area contributed by atoms with E-state index in [1.165, 1.54) is 5.56 Å². The van der Waals surface area contributed by atoms with Crippen molar-refractivity contribution in [2.45, 2.75) is 6.42 Å². The quantitative estimate of drug-likeness (QED) is 0.732. The highest BCUT2D eigenvalue weighted by atomic mass is 16.1. The Morgan fingerprint density at radius 2 is 1.93 bits per heavy atom. The highest BCUT2D eigenvalue weighted by Gasteiger charge is 1.99. The van der Waals surface area contributed by atoms with Gasteiger partial charge in [0.2, 0.25) is 0 Å². The molecule has 1 aromatic heterocycles. The molecule has 0 aliphatic carbocycles. The lowest BCUT2D eigenvalue weighted by Crippen LogP contribution is -1.93. The number of hydrogen-bond donors (Lipinski definition) is 2. The summed E-state index contributed by atoms with van der Waals surface area (Å²) in [5, 5.41) is 5.33. The summed E-state index contributed by atoms with van der Waals surface area (Å²) in [5.41, 5.74) is 2.91. The zero-order chi connectivity index (χ0) is 10.7. The molecular weight excluding hydrogens is 188 g/mol. The minimum atomic E-state index is -0.111. The first-order valence-electron chi connectivity index (χ1n) is 4.77. The van der Waals surface area contributed by atoms with Crippen molar-refractivity contribution in [3.63, 3.8) is 0 Å². The van der Waals surface area contributed by atoms with Crippen molar-refractivity contribution >= 4 is 0 Å². The van der Waals surface area contributed by atoms with Crippen molar-refractivity contribution < 1.29 is 0 Å². The Bertz CT molecular complexity index is 505. The fourth-order valence-corrected chi connectivity index (χ4v) is 1.47. The van der Waals surface area contributed by atoms with Crippen molar-refractivity contribution in [1.82, 2.24) is 10.2 Å². The first kappa shape index (κ1) is 9.52. The summed E-state index contributed by atoms with van der Waals surface area (Å²) in [5.74, 6) is 0. The topological polar surface area (TPSA) is 48.6 Å². The highest BCUT2D eigenvalue weighted by Crippen LogP contribution is 2.15. The van der Waals surface area contributed by atoms with E-state index >= 15 is 0 Å². The maximum atomic E-state index is 10.9. The molecule has 0 unspecified atom stereocenters. The molecule has 0 aliphatic rings. The lowest BCUT2D eigenvalue weighted by atomic mass is 10.1. The highest BCUT2D eigenvalue weighted by molar-refractivity contribution is 5.58. The molecule has 0 saturated heterocycles. The van der Waals surface area contributed by atoms with Crippen molar-refractivity contribution in [3.8, 4) is 11.3 Å². The van der Waals surface area contributed by atoms with E-state index in [1.807, 2.05) is 30.3 Å². The van der Waals surface area contributed by atoms with Crippen LogP contribution >= 0.6 is 0 Å². The predicted octanol–water partition coefficient (Wildman–Crippen LogP) is 2.10. The van der Waals surface area contributed by atoms with Crippen molar-refractivity contribution in [1.29, 1.82) is 0 Å². The van der Waals surface area contributed by atoms with E-state index in [1.54, 1.807) is 6.07 Å². The van der Waals surface area contributed by atoms with E-state index in [0.29, 0.717) is 0 Å². The molecule has 0 spiro atoms. The van der Waals surface area contributed by atoms with Crippen LogP contribution in [0.5, 0.6) is 0 Å². The van der Waals surface area contributed by atoms with Gasteiger partial charge in [-0.05, 0) is 17.5 Å². The first-order chi connectivity index (χ1) is 7.29. The second kappa shape index (κ2) is 4.00. The van der Waals surface area contributed by atoms with Crippen molar-refractivity contribution in [2.75, 3.05) is 0 Å². The third kappa shape index (κ3) is 2.07. The van der Waals surface area contributed by atoms with Crippen LogP contribution in [0.1, 0.15) is 5.56 Å². The molecule has 15 heavy (non-hydrogen) atoms. The number of nitrogens with one attached hydrogen (secondary N) is 2. The fraction of sp³-hybridized carbons (Fsp3) is 0.0833. The smallest absolute Gasteiger partial charge is 0.264 e. The minimum absolute atomic E-state index is 0.111. The molecule has 2 rings (SSSR count). The van der Waals surface area contributed by atoms with Gasteiger partial charge >= 0.3 is 0 Å². The van der Waals surface area contributed by atoms with E-state index in [9.17, 15) is 4.79 Å². The maximum absolute atomic E-state index is 10.9. The molecule has 0 bridgehead atoms. The molecule has 2 aromatic rings. The molecule has 0 atom stereocenters. The Morgan fingerprint density at radius 3 is 2.47 bits per heavy atom.